The van der Waals surface area contributed by atoms with Crippen LogP contribution in [-0.2, 0) is 0 Å². The van der Waals surface area contributed by atoms with Gasteiger partial charge in [0.2, 0.25) is 0 Å². The number of carbonyl (C=O) groups is 1. The maximum absolute atomic E-state index is 11.8. The van der Waals surface area contributed by atoms with Gasteiger partial charge < -0.3 is 15.3 Å². The van der Waals surface area contributed by atoms with Crippen molar-refractivity contribution in [3.05, 3.63) is 0 Å². The first kappa shape index (κ1) is 13.1. The third-order valence-electron chi connectivity index (χ3n) is 2.57. The molecule has 1 rings (SSSR count). The zero-order valence-electron chi connectivity index (χ0n) is 8.97. The average molecular weight is 240 g/mol. The van der Waals surface area contributed by atoms with Gasteiger partial charge >= 0.3 is 12.2 Å². The van der Waals surface area contributed by atoms with Crippen LogP contribution >= 0.6 is 0 Å². The third-order valence-corrected chi connectivity index (χ3v) is 2.57. The van der Waals surface area contributed by atoms with Crippen molar-refractivity contribution in [2.45, 2.75) is 31.5 Å². The Morgan fingerprint density at radius 1 is 1.44 bits per heavy atom. The van der Waals surface area contributed by atoms with Gasteiger partial charge in [0.25, 0.3) is 0 Å². The van der Waals surface area contributed by atoms with E-state index in [1.54, 1.807) is 12.2 Å². The molecule has 0 bridgehead atoms. The van der Waals surface area contributed by atoms with Crippen LogP contribution < -0.4 is 5.32 Å². The van der Waals surface area contributed by atoms with E-state index in [-0.39, 0.29) is 13.1 Å². The highest BCUT2D eigenvalue weighted by atomic mass is 19.4. The zero-order chi connectivity index (χ0) is 12.4. The smallest absolute Gasteiger partial charge is 0.390 e. The number of hydrogen-bond donors (Lipinski definition) is 2. The van der Waals surface area contributed by atoms with Crippen molar-refractivity contribution in [1.29, 1.82) is 0 Å². The number of hydrogen-bond acceptors (Lipinski definition) is 2. The molecule has 16 heavy (non-hydrogen) atoms. The van der Waals surface area contributed by atoms with Crippen molar-refractivity contribution >= 4 is 6.03 Å². The molecule has 0 aromatic heterocycles. The topological polar surface area (TPSA) is 52.6 Å². The molecular formula is C9H15F3N2O2. The fourth-order valence-electron chi connectivity index (χ4n) is 1.48. The van der Waals surface area contributed by atoms with E-state index in [2.05, 4.69) is 0 Å². The van der Waals surface area contributed by atoms with Crippen LogP contribution in [0.25, 0.3) is 0 Å². The number of alkyl halides is 3. The maximum atomic E-state index is 11.8. The first-order valence-corrected chi connectivity index (χ1v) is 5.01. The SMILES string of the molecule is CC1(O)CCN(C(=O)NCC(F)(F)F)CC1. The Morgan fingerprint density at radius 2 is 1.94 bits per heavy atom. The molecule has 0 saturated carbocycles. The van der Waals surface area contributed by atoms with Crippen molar-refractivity contribution in [2.24, 2.45) is 0 Å². The summed E-state index contributed by atoms with van der Waals surface area (Å²) in [5.74, 6) is 0. The maximum Gasteiger partial charge on any atom is 0.405 e. The molecule has 1 heterocycles. The van der Waals surface area contributed by atoms with Crippen molar-refractivity contribution in [3.8, 4) is 0 Å². The number of likely N-dealkylation sites (tertiary alicyclic amines) is 1. The molecule has 4 nitrogen and oxygen atoms in total. The average Bonchev–Trinajstić information content (AvgIpc) is 2.13. The second-order valence-electron chi connectivity index (χ2n) is 4.26. The van der Waals surface area contributed by atoms with Crippen molar-refractivity contribution < 1.29 is 23.1 Å². The predicted octanol–water partition coefficient (Wildman–Crippen LogP) is 1.11. The number of nitrogens with one attached hydrogen (secondary N) is 1. The summed E-state index contributed by atoms with van der Waals surface area (Å²) >= 11 is 0. The van der Waals surface area contributed by atoms with Gasteiger partial charge in [-0.25, -0.2) is 4.79 Å². The molecule has 2 amide bonds. The predicted molar refractivity (Wildman–Crippen MR) is 50.9 cm³/mol. The molecule has 2 N–H and O–H groups in total. The Balaban J connectivity index is 2.34. The summed E-state index contributed by atoms with van der Waals surface area (Å²) in [6.45, 7) is 0.879. The number of nitrogens with zero attached hydrogens (tertiary/aromatic N) is 1. The largest absolute Gasteiger partial charge is 0.405 e. The number of urea groups is 1. The first-order valence-electron chi connectivity index (χ1n) is 5.01. The van der Waals surface area contributed by atoms with E-state index in [1.165, 1.54) is 4.90 Å². The van der Waals surface area contributed by atoms with Crippen LogP contribution in [0, 0.1) is 0 Å². The molecule has 0 unspecified atom stereocenters. The summed E-state index contributed by atoms with van der Waals surface area (Å²) in [6, 6.07) is -0.729. The van der Waals surface area contributed by atoms with Crippen LogP contribution in [-0.4, -0.2) is 47.4 Å². The van der Waals surface area contributed by atoms with E-state index >= 15 is 0 Å². The third kappa shape index (κ3) is 4.26. The van der Waals surface area contributed by atoms with Gasteiger partial charge in [-0.1, -0.05) is 0 Å². The van der Waals surface area contributed by atoms with Crippen molar-refractivity contribution in [2.75, 3.05) is 19.6 Å². The summed E-state index contributed by atoms with van der Waals surface area (Å²) in [4.78, 5) is 12.6. The number of aliphatic hydroxyl groups is 1. The number of rotatable bonds is 1. The Hall–Kier alpha value is -0.980. The molecular weight excluding hydrogens is 225 g/mol. The van der Waals surface area contributed by atoms with E-state index < -0.39 is 24.4 Å². The molecule has 7 heteroatoms. The van der Waals surface area contributed by atoms with Crippen LogP contribution in [0.3, 0.4) is 0 Å². The minimum absolute atomic E-state index is 0.274. The molecule has 1 aliphatic heterocycles. The van der Waals surface area contributed by atoms with Gasteiger partial charge in [0.15, 0.2) is 0 Å². The van der Waals surface area contributed by atoms with E-state index in [4.69, 9.17) is 0 Å². The highest BCUT2D eigenvalue weighted by Crippen LogP contribution is 2.21. The number of amides is 2. The number of piperidine rings is 1. The lowest BCUT2D eigenvalue weighted by molar-refractivity contribution is -0.123. The monoisotopic (exact) mass is 240 g/mol. The fourth-order valence-corrected chi connectivity index (χ4v) is 1.48. The number of carbonyl (C=O) groups excluding carboxylic acids is 1. The van der Waals surface area contributed by atoms with Gasteiger partial charge in [-0.2, -0.15) is 13.2 Å². The van der Waals surface area contributed by atoms with Crippen molar-refractivity contribution in [1.82, 2.24) is 10.2 Å². The van der Waals surface area contributed by atoms with E-state index in [1.807, 2.05) is 0 Å². The number of halogens is 3. The van der Waals surface area contributed by atoms with Crippen LogP contribution in [0.5, 0.6) is 0 Å². The Labute approximate surface area is 91.4 Å². The summed E-state index contributed by atoms with van der Waals surface area (Å²) in [7, 11) is 0. The molecule has 0 atom stereocenters. The van der Waals surface area contributed by atoms with Gasteiger partial charge in [0, 0.05) is 13.1 Å². The summed E-state index contributed by atoms with van der Waals surface area (Å²) in [5.41, 5.74) is -0.819. The lowest BCUT2D eigenvalue weighted by atomic mass is 9.94. The van der Waals surface area contributed by atoms with Crippen LogP contribution in [0.1, 0.15) is 19.8 Å². The molecule has 1 fully saturated rings. The van der Waals surface area contributed by atoms with E-state index in [0.717, 1.165) is 0 Å². The molecule has 0 aromatic rings. The van der Waals surface area contributed by atoms with E-state index in [9.17, 15) is 23.1 Å². The summed E-state index contributed by atoms with van der Waals surface area (Å²) in [6.07, 6.45) is -3.63. The Bertz CT molecular complexity index is 256. The second kappa shape index (κ2) is 4.48. The molecule has 0 aromatic carbocycles. The van der Waals surface area contributed by atoms with Crippen LogP contribution in [0.4, 0.5) is 18.0 Å². The van der Waals surface area contributed by atoms with Crippen LogP contribution in [0.15, 0.2) is 0 Å². The van der Waals surface area contributed by atoms with Gasteiger partial charge in [-0.3, -0.25) is 0 Å². The summed E-state index contributed by atoms with van der Waals surface area (Å²) in [5, 5.41) is 11.4. The standard InChI is InChI=1S/C9H15F3N2O2/c1-8(16)2-4-14(5-3-8)7(15)13-6-9(10,11)12/h16H,2-6H2,1H3,(H,13,15). The minimum Gasteiger partial charge on any atom is -0.390 e. The molecule has 94 valence electrons. The van der Waals surface area contributed by atoms with Crippen molar-refractivity contribution in [3.63, 3.8) is 0 Å². The second-order valence-corrected chi connectivity index (χ2v) is 4.26. The molecule has 0 spiro atoms. The Morgan fingerprint density at radius 3 is 2.38 bits per heavy atom. The highest BCUT2D eigenvalue weighted by Gasteiger charge is 2.32. The van der Waals surface area contributed by atoms with Gasteiger partial charge in [-0.15, -0.1) is 0 Å². The van der Waals surface area contributed by atoms with Gasteiger partial charge in [0.05, 0.1) is 5.60 Å². The molecule has 1 saturated heterocycles. The molecule has 1 aliphatic rings. The highest BCUT2D eigenvalue weighted by molar-refractivity contribution is 5.74. The summed E-state index contributed by atoms with van der Waals surface area (Å²) < 4.78 is 35.5. The lowest BCUT2D eigenvalue weighted by Gasteiger charge is -2.35. The van der Waals surface area contributed by atoms with Gasteiger partial charge in [-0.05, 0) is 19.8 Å². The Kier molecular flexibility index (Phi) is 3.67. The molecule has 0 radical (unpaired) electrons. The minimum atomic E-state index is -4.39. The quantitative estimate of drug-likeness (QED) is 0.721. The molecule has 0 aliphatic carbocycles. The first-order chi connectivity index (χ1) is 7.20. The van der Waals surface area contributed by atoms with Gasteiger partial charge in [0.1, 0.15) is 6.54 Å². The van der Waals surface area contributed by atoms with E-state index in [0.29, 0.717) is 12.8 Å². The normalized spacial score (nSPS) is 20.7. The fraction of sp³-hybridized carbons (Fsp3) is 0.889. The van der Waals surface area contributed by atoms with Crippen LogP contribution in [0.2, 0.25) is 0 Å². The lowest BCUT2D eigenvalue weighted by Crippen LogP contribution is -2.50. The zero-order valence-corrected chi connectivity index (χ0v) is 8.97.